The van der Waals surface area contributed by atoms with E-state index in [2.05, 4.69) is 20.9 Å². The van der Waals surface area contributed by atoms with Gasteiger partial charge in [-0.1, -0.05) is 30.3 Å². The monoisotopic (exact) mass is 388 g/mol. The summed E-state index contributed by atoms with van der Waals surface area (Å²) >= 11 is 4.68. The molecule has 0 unspecified atom stereocenters. The maximum Gasteiger partial charge on any atom is 0.251 e. The van der Waals surface area contributed by atoms with Crippen molar-refractivity contribution < 1.29 is 4.79 Å². The van der Waals surface area contributed by atoms with E-state index in [0.29, 0.717) is 11.3 Å². The van der Waals surface area contributed by atoms with Crippen molar-refractivity contribution in [1.29, 1.82) is 0 Å². The van der Waals surface area contributed by atoms with Crippen LogP contribution in [-0.2, 0) is 13.0 Å². The van der Waals surface area contributed by atoms with Crippen LogP contribution < -0.4 is 5.56 Å². The first-order chi connectivity index (χ1) is 11.1. The van der Waals surface area contributed by atoms with E-state index in [1.54, 1.807) is 18.5 Å². The minimum absolute atomic E-state index is 0.0191. The summed E-state index contributed by atoms with van der Waals surface area (Å²) in [5.74, 6) is -0.109. The largest absolute Gasteiger partial charge is 0.307 e. The predicted molar refractivity (Wildman–Crippen MR) is 94.1 cm³/mol. The molecular formula is C17H13BrN2O2S. The number of aromatic nitrogens is 2. The van der Waals surface area contributed by atoms with Gasteiger partial charge in [-0.3, -0.25) is 9.59 Å². The van der Waals surface area contributed by atoms with Gasteiger partial charge < -0.3 is 4.57 Å². The second kappa shape index (κ2) is 7.02. The Labute approximate surface area is 145 Å². The summed E-state index contributed by atoms with van der Waals surface area (Å²) in [5, 5.41) is 0.890. The first-order valence-corrected chi connectivity index (χ1v) is 8.60. The number of halogens is 1. The minimum atomic E-state index is -0.199. The number of carbonyl (C=O) groups is 1. The molecule has 23 heavy (non-hydrogen) atoms. The number of nitrogens with zero attached hydrogens (tertiary/aromatic N) is 2. The van der Waals surface area contributed by atoms with Crippen LogP contribution in [-0.4, -0.2) is 15.3 Å². The molecule has 6 heteroatoms. The summed E-state index contributed by atoms with van der Waals surface area (Å²) < 4.78 is 2.15. The van der Waals surface area contributed by atoms with Crippen LogP contribution >= 0.6 is 27.3 Å². The van der Waals surface area contributed by atoms with Crippen molar-refractivity contribution in [2.45, 2.75) is 13.0 Å². The summed E-state index contributed by atoms with van der Waals surface area (Å²) in [5.41, 5.74) is 0.958. The lowest BCUT2D eigenvalue weighted by molar-refractivity contribution is 0.0974. The highest BCUT2D eigenvalue weighted by atomic mass is 79.9. The van der Waals surface area contributed by atoms with Crippen LogP contribution in [0.2, 0.25) is 0 Å². The van der Waals surface area contributed by atoms with E-state index >= 15 is 0 Å². The van der Waals surface area contributed by atoms with Gasteiger partial charge in [-0.05, 0) is 27.6 Å². The molecule has 0 atom stereocenters. The molecule has 0 aliphatic rings. The van der Waals surface area contributed by atoms with Crippen molar-refractivity contribution in [3.05, 3.63) is 85.1 Å². The molecule has 0 radical (unpaired) electrons. The highest BCUT2D eigenvalue weighted by Gasteiger charge is 2.12. The molecule has 0 fully saturated rings. The lowest BCUT2D eigenvalue weighted by Crippen LogP contribution is -2.22. The summed E-state index contributed by atoms with van der Waals surface area (Å²) in [6.07, 6.45) is 3.91. The van der Waals surface area contributed by atoms with Crippen molar-refractivity contribution in [3.8, 4) is 0 Å². The smallest absolute Gasteiger partial charge is 0.251 e. The molecule has 0 amide bonds. The molecule has 0 saturated heterocycles. The SMILES string of the molecule is O=C(Cn1cc(Br)ccc1=O)c1cnc(Cc2ccccc2)s1. The zero-order valence-corrected chi connectivity index (χ0v) is 14.5. The van der Waals surface area contributed by atoms with Gasteiger partial charge in [0, 0.05) is 29.4 Å². The standard InChI is InChI=1S/C17H13BrN2O2S/c18-13-6-7-17(22)20(10-13)11-14(21)15-9-19-16(23-15)8-12-4-2-1-3-5-12/h1-7,9-10H,8,11H2. The van der Waals surface area contributed by atoms with Gasteiger partial charge in [0.15, 0.2) is 5.78 Å². The number of carbonyl (C=O) groups excluding carboxylic acids is 1. The van der Waals surface area contributed by atoms with E-state index in [9.17, 15) is 9.59 Å². The average molecular weight is 389 g/mol. The highest BCUT2D eigenvalue weighted by molar-refractivity contribution is 9.10. The average Bonchev–Trinajstić information content (AvgIpc) is 3.00. The predicted octanol–water partition coefficient (Wildman–Crippen LogP) is 3.54. The fourth-order valence-electron chi connectivity index (χ4n) is 2.15. The van der Waals surface area contributed by atoms with E-state index in [4.69, 9.17) is 0 Å². The third-order valence-electron chi connectivity index (χ3n) is 3.29. The normalized spacial score (nSPS) is 10.7. The van der Waals surface area contributed by atoms with Gasteiger partial charge in [0.25, 0.3) is 5.56 Å². The molecular weight excluding hydrogens is 376 g/mol. The third kappa shape index (κ3) is 4.03. The summed E-state index contributed by atoms with van der Waals surface area (Å²) in [4.78, 5) is 29.0. The van der Waals surface area contributed by atoms with Crippen molar-refractivity contribution in [1.82, 2.24) is 9.55 Å². The molecule has 2 aromatic heterocycles. The fourth-order valence-corrected chi connectivity index (χ4v) is 3.41. The van der Waals surface area contributed by atoms with Gasteiger partial charge in [0.2, 0.25) is 0 Å². The number of Topliss-reactive ketones (excluding diaryl/α,β-unsaturated/α-hetero) is 1. The number of benzene rings is 1. The van der Waals surface area contributed by atoms with Gasteiger partial charge in [0.05, 0.1) is 16.4 Å². The Kier molecular flexibility index (Phi) is 4.83. The Balaban J connectivity index is 1.73. The van der Waals surface area contributed by atoms with Gasteiger partial charge >= 0.3 is 0 Å². The number of hydrogen-bond acceptors (Lipinski definition) is 4. The van der Waals surface area contributed by atoms with E-state index in [-0.39, 0.29) is 17.9 Å². The van der Waals surface area contributed by atoms with Gasteiger partial charge in [0.1, 0.15) is 0 Å². The number of hydrogen-bond donors (Lipinski definition) is 0. The lowest BCUT2D eigenvalue weighted by Gasteiger charge is -2.03. The molecule has 4 nitrogen and oxygen atoms in total. The van der Waals surface area contributed by atoms with Crippen LogP contribution in [0.4, 0.5) is 0 Å². The molecule has 0 spiro atoms. The maximum atomic E-state index is 12.3. The van der Waals surface area contributed by atoms with Crippen LogP contribution in [0.1, 0.15) is 20.2 Å². The molecule has 116 valence electrons. The molecule has 3 aromatic rings. The fraction of sp³-hybridized carbons (Fsp3) is 0.118. The first kappa shape index (κ1) is 15.8. The molecule has 0 saturated carbocycles. The quantitative estimate of drug-likeness (QED) is 0.628. The van der Waals surface area contributed by atoms with E-state index in [1.807, 2.05) is 30.3 Å². The van der Waals surface area contributed by atoms with Crippen LogP contribution in [0.25, 0.3) is 0 Å². The number of ketones is 1. The lowest BCUT2D eigenvalue weighted by atomic mass is 10.2. The topological polar surface area (TPSA) is 52.0 Å². The number of thiazole rings is 1. The van der Waals surface area contributed by atoms with Gasteiger partial charge in [-0.2, -0.15) is 0 Å². The summed E-state index contributed by atoms with van der Waals surface area (Å²) in [6, 6.07) is 13.1. The second-order valence-electron chi connectivity index (χ2n) is 5.02. The first-order valence-electron chi connectivity index (χ1n) is 6.99. The van der Waals surface area contributed by atoms with Crippen molar-refractivity contribution >= 4 is 33.0 Å². The molecule has 0 bridgehead atoms. The molecule has 3 rings (SSSR count). The van der Waals surface area contributed by atoms with Gasteiger partial charge in [-0.25, -0.2) is 4.98 Å². The Morgan fingerprint density at radius 3 is 2.74 bits per heavy atom. The third-order valence-corrected chi connectivity index (χ3v) is 4.80. The number of rotatable bonds is 5. The summed E-state index contributed by atoms with van der Waals surface area (Å²) in [7, 11) is 0. The molecule has 1 aromatic carbocycles. The van der Waals surface area contributed by atoms with Gasteiger partial charge in [-0.15, -0.1) is 11.3 Å². The zero-order valence-electron chi connectivity index (χ0n) is 12.1. The maximum absolute atomic E-state index is 12.3. The minimum Gasteiger partial charge on any atom is -0.307 e. The Hall–Kier alpha value is -2.05. The van der Waals surface area contributed by atoms with Crippen molar-refractivity contribution in [3.63, 3.8) is 0 Å². The Morgan fingerprint density at radius 1 is 1.17 bits per heavy atom. The van der Waals surface area contributed by atoms with Crippen LogP contribution in [0, 0.1) is 0 Å². The van der Waals surface area contributed by atoms with Crippen molar-refractivity contribution in [2.75, 3.05) is 0 Å². The van der Waals surface area contributed by atoms with Crippen LogP contribution in [0.3, 0.4) is 0 Å². The van der Waals surface area contributed by atoms with E-state index < -0.39 is 0 Å². The van der Waals surface area contributed by atoms with E-state index in [0.717, 1.165) is 15.0 Å². The highest BCUT2D eigenvalue weighted by Crippen LogP contribution is 2.18. The molecule has 2 heterocycles. The zero-order chi connectivity index (χ0) is 16.2. The molecule has 0 aliphatic carbocycles. The second-order valence-corrected chi connectivity index (χ2v) is 7.05. The molecule has 0 aliphatic heterocycles. The number of pyridine rings is 1. The van der Waals surface area contributed by atoms with Crippen LogP contribution in [0.5, 0.6) is 0 Å². The summed E-state index contributed by atoms with van der Waals surface area (Å²) in [6.45, 7) is 0.0191. The molecule has 0 N–H and O–H groups in total. The Morgan fingerprint density at radius 2 is 1.96 bits per heavy atom. The van der Waals surface area contributed by atoms with Crippen LogP contribution in [0.15, 0.2) is 64.1 Å². The van der Waals surface area contributed by atoms with Crippen molar-refractivity contribution in [2.24, 2.45) is 0 Å². The van der Waals surface area contributed by atoms with E-state index in [1.165, 1.54) is 22.0 Å². The Bertz CT molecular complexity index is 887.